The molecule has 35 heavy (non-hydrogen) atoms. The molecule has 3 aliphatic rings. The van der Waals surface area contributed by atoms with Crippen LogP contribution in [0.1, 0.15) is 36.5 Å². The lowest BCUT2D eigenvalue weighted by Gasteiger charge is -2.39. The van der Waals surface area contributed by atoms with Crippen LogP contribution in [0.2, 0.25) is 0 Å². The fourth-order valence-corrected chi connectivity index (χ4v) is 4.70. The summed E-state index contributed by atoms with van der Waals surface area (Å²) in [5, 5.41) is 4.28. The van der Waals surface area contributed by atoms with Gasteiger partial charge in [-0.2, -0.15) is 0 Å². The molecule has 0 aliphatic carbocycles. The monoisotopic (exact) mass is 481 g/mol. The number of fused-ring (bicyclic) bond motifs is 6. The highest BCUT2D eigenvalue weighted by atomic mass is 16.8. The summed E-state index contributed by atoms with van der Waals surface area (Å²) in [4.78, 5) is 17.2. The van der Waals surface area contributed by atoms with Crippen LogP contribution in [0.5, 0.6) is 28.7 Å². The van der Waals surface area contributed by atoms with Crippen LogP contribution >= 0.6 is 0 Å². The molecule has 3 heterocycles. The van der Waals surface area contributed by atoms with E-state index in [0.717, 1.165) is 22.4 Å². The topological polar surface area (TPSA) is 94.0 Å². The van der Waals surface area contributed by atoms with Crippen LogP contribution in [0, 0.1) is 0 Å². The summed E-state index contributed by atoms with van der Waals surface area (Å²) < 4.78 is 34.5. The fourth-order valence-electron chi connectivity index (χ4n) is 4.70. The lowest BCUT2D eigenvalue weighted by atomic mass is 9.80. The SMILES string of the molecule is C=C(C)[C@H]1Cc2c(ccc3c2OC2COc4cc(OC)c(OC)cc4C2/C3=N/OC(=O)OCC)O1. The normalized spacial score (nSPS) is 22.3. The first-order valence-corrected chi connectivity index (χ1v) is 11.4. The summed E-state index contributed by atoms with van der Waals surface area (Å²) in [5.41, 5.74) is 3.88. The number of hydrogen-bond acceptors (Lipinski definition) is 9. The highest BCUT2D eigenvalue weighted by Gasteiger charge is 2.45. The van der Waals surface area contributed by atoms with Crippen molar-refractivity contribution in [1.29, 1.82) is 0 Å². The number of oxime groups is 1. The molecule has 2 aromatic carbocycles. The Morgan fingerprint density at radius 2 is 1.91 bits per heavy atom. The molecular formula is C26H27NO8. The Bertz CT molecular complexity index is 1220. The molecule has 3 atom stereocenters. The largest absolute Gasteiger partial charge is 0.535 e. The number of hydrogen-bond donors (Lipinski definition) is 0. The Morgan fingerprint density at radius 1 is 1.14 bits per heavy atom. The van der Waals surface area contributed by atoms with Crippen LogP contribution < -0.4 is 23.7 Å². The van der Waals surface area contributed by atoms with Gasteiger partial charge in [0.15, 0.2) is 11.5 Å². The minimum absolute atomic E-state index is 0.131. The van der Waals surface area contributed by atoms with E-state index in [1.54, 1.807) is 27.2 Å². The Balaban J connectivity index is 1.64. The molecule has 3 aliphatic heterocycles. The second-order valence-electron chi connectivity index (χ2n) is 8.52. The third-order valence-corrected chi connectivity index (χ3v) is 6.37. The minimum Gasteiger partial charge on any atom is -0.493 e. The van der Waals surface area contributed by atoms with E-state index in [2.05, 4.69) is 11.7 Å². The first-order valence-electron chi connectivity index (χ1n) is 11.4. The lowest BCUT2D eigenvalue weighted by Crippen LogP contribution is -2.43. The van der Waals surface area contributed by atoms with Crippen molar-refractivity contribution in [3.8, 4) is 28.7 Å². The standard InChI is InChI=1S/C26H27NO8/c1-6-31-26(28)35-27-24-14-7-8-17-16(10-18(33-17)13(2)3)25(14)34-22-12-32-19-11-21(30-5)20(29-4)9-15(19)23(22)24/h7-9,11,18,22-23H,2,6,10,12H2,1,3-5H3/b27-24+/t18-,22?,23?/m1/s1. The van der Waals surface area contributed by atoms with E-state index in [1.807, 2.05) is 25.1 Å². The Morgan fingerprint density at radius 3 is 2.63 bits per heavy atom. The van der Waals surface area contributed by atoms with Gasteiger partial charge in [0.1, 0.15) is 41.8 Å². The van der Waals surface area contributed by atoms with Gasteiger partial charge in [0.05, 0.1) is 26.7 Å². The molecule has 9 nitrogen and oxygen atoms in total. The van der Waals surface area contributed by atoms with E-state index in [-0.39, 0.29) is 19.3 Å². The van der Waals surface area contributed by atoms with Crippen LogP contribution in [-0.2, 0) is 16.0 Å². The van der Waals surface area contributed by atoms with Gasteiger partial charge in [0, 0.05) is 29.2 Å². The maximum Gasteiger partial charge on any atom is 0.535 e. The molecule has 0 aromatic heterocycles. The van der Waals surface area contributed by atoms with Gasteiger partial charge in [-0.3, -0.25) is 4.84 Å². The predicted molar refractivity (Wildman–Crippen MR) is 126 cm³/mol. The van der Waals surface area contributed by atoms with Gasteiger partial charge in [-0.05, 0) is 37.6 Å². The van der Waals surface area contributed by atoms with E-state index in [9.17, 15) is 4.79 Å². The predicted octanol–water partition coefficient (Wildman–Crippen LogP) is 4.40. The van der Waals surface area contributed by atoms with Crippen molar-refractivity contribution < 1.29 is 38.1 Å². The van der Waals surface area contributed by atoms with Gasteiger partial charge < -0.3 is 28.4 Å². The van der Waals surface area contributed by atoms with Crippen LogP contribution in [-0.4, -0.2) is 51.5 Å². The van der Waals surface area contributed by atoms with Crippen molar-refractivity contribution in [1.82, 2.24) is 0 Å². The average Bonchev–Trinajstić information content (AvgIpc) is 3.31. The molecule has 0 saturated carbocycles. The summed E-state index contributed by atoms with van der Waals surface area (Å²) in [6.07, 6.45) is -0.808. The van der Waals surface area contributed by atoms with Gasteiger partial charge >= 0.3 is 6.16 Å². The average molecular weight is 482 g/mol. The molecule has 5 rings (SSSR count). The molecule has 0 radical (unpaired) electrons. The van der Waals surface area contributed by atoms with E-state index >= 15 is 0 Å². The summed E-state index contributed by atoms with van der Waals surface area (Å²) >= 11 is 0. The maximum atomic E-state index is 12.0. The molecule has 2 unspecified atom stereocenters. The highest BCUT2D eigenvalue weighted by Crippen LogP contribution is 2.50. The third-order valence-electron chi connectivity index (χ3n) is 6.37. The van der Waals surface area contributed by atoms with Crippen molar-refractivity contribution >= 4 is 11.9 Å². The number of rotatable bonds is 5. The second-order valence-corrected chi connectivity index (χ2v) is 8.52. The van der Waals surface area contributed by atoms with Crippen LogP contribution in [0.4, 0.5) is 4.79 Å². The minimum atomic E-state index is -0.879. The van der Waals surface area contributed by atoms with Gasteiger partial charge in [0.2, 0.25) is 0 Å². The molecule has 0 N–H and O–H groups in total. The van der Waals surface area contributed by atoms with Crippen LogP contribution in [0.3, 0.4) is 0 Å². The molecule has 0 bridgehead atoms. The third kappa shape index (κ3) is 3.90. The summed E-state index contributed by atoms with van der Waals surface area (Å²) in [6.45, 7) is 8.11. The number of benzene rings is 2. The zero-order valence-corrected chi connectivity index (χ0v) is 20.1. The smallest absolute Gasteiger partial charge is 0.493 e. The molecule has 2 aromatic rings. The Labute approximate surface area is 203 Å². The summed E-state index contributed by atoms with van der Waals surface area (Å²) in [5.74, 6) is 2.70. The number of carbonyl (C=O) groups excluding carboxylic acids is 1. The molecular weight excluding hydrogens is 454 g/mol. The Kier molecular flexibility index (Phi) is 5.92. The lowest BCUT2D eigenvalue weighted by molar-refractivity contribution is 0.0588. The fraction of sp³-hybridized carbons (Fsp3) is 0.385. The molecule has 184 valence electrons. The van der Waals surface area contributed by atoms with Crippen molar-refractivity contribution in [2.45, 2.75) is 38.4 Å². The Hall–Kier alpha value is -3.88. The quantitative estimate of drug-likeness (QED) is 0.269. The molecule has 0 spiro atoms. The van der Waals surface area contributed by atoms with Crippen molar-refractivity contribution in [3.05, 3.63) is 53.1 Å². The van der Waals surface area contributed by atoms with Crippen molar-refractivity contribution in [2.24, 2.45) is 5.16 Å². The first-order chi connectivity index (χ1) is 16.9. The molecule has 9 heteroatoms. The van der Waals surface area contributed by atoms with E-state index in [0.29, 0.717) is 40.7 Å². The van der Waals surface area contributed by atoms with E-state index < -0.39 is 18.2 Å². The molecule has 0 saturated heterocycles. The van der Waals surface area contributed by atoms with Gasteiger partial charge in [-0.25, -0.2) is 4.79 Å². The van der Waals surface area contributed by atoms with Gasteiger partial charge in [0.25, 0.3) is 0 Å². The van der Waals surface area contributed by atoms with Crippen LogP contribution in [0.15, 0.2) is 41.6 Å². The molecule has 0 fully saturated rings. The second kappa shape index (κ2) is 9.05. The maximum absolute atomic E-state index is 12.0. The molecule has 0 amide bonds. The zero-order chi connectivity index (χ0) is 24.7. The van der Waals surface area contributed by atoms with Crippen molar-refractivity contribution in [2.75, 3.05) is 27.4 Å². The van der Waals surface area contributed by atoms with Crippen molar-refractivity contribution in [3.63, 3.8) is 0 Å². The number of methoxy groups -OCH3 is 2. The van der Waals surface area contributed by atoms with E-state index in [1.165, 1.54) is 0 Å². The van der Waals surface area contributed by atoms with E-state index in [4.69, 9.17) is 33.3 Å². The number of carbonyl (C=O) groups is 1. The first kappa shape index (κ1) is 22.9. The van der Waals surface area contributed by atoms with Gasteiger partial charge in [-0.1, -0.05) is 11.7 Å². The van der Waals surface area contributed by atoms with Gasteiger partial charge in [-0.15, -0.1) is 0 Å². The number of nitrogens with zero attached hydrogens (tertiary/aromatic N) is 1. The highest BCUT2D eigenvalue weighted by molar-refractivity contribution is 6.09. The summed E-state index contributed by atoms with van der Waals surface area (Å²) in [6, 6.07) is 7.37. The summed E-state index contributed by atoms with van der Waals surface area (Å²) in [7, 11) is 3.13. The zero-order valence-electron chi connectivity index (χ0n) is 20.1. The van der Waals surface area contributed by atoms with Crippen LogP contribution in [0.25, 0.3) is 0 Å². The number of ether oxygens (including phenoxy) is 6.